The zero-order valence-electron chi connectivity index (χ0n) is 4.74. The van der Waals surface area contributed by atoms with Crippen LogP contribution in [0.2, 0.25) is 0 Å². The van der Waals surface area contributed by atoms with Crippen molar-refractivity contribution in [3.05, 3.63) is 24.6 Å². The molecule has 0 aromatic rings. The maximum Gasteiger partial charge on any atom is 0.339 e. The molecule has 0 atom stereocenters. The maximum absolute atomic E-state index is 10.6. The Balaban J connectivity index is 2.69. The van der Waals surface area contributed by atoms with Gasteiger partial charge in [-0.25, -0.2) is 15.6 Å². The highest BCUT2D eigenvalue weighted by molar-refractivity contribution is 5.76. The third-order valence-corrected chi connectivity index (χ3v) is 0.895. The molecule has 0 aromatic heterocycles. The van der Waals surface area contributed by atoms with E-state index in [1.165, 1.54) is 12.4 Å². The molecular weight excluding hydrogens is 118 g/mol. The van der Waals surface area contributed by atoms with Crippen molar-refractivity contribution < 1.29 is 4.79 Å². The molecule has 0 aromatic carbocycles. The van der Waals surface area contributed by atoms with Crippen LogP contribution in [0.15, 0.2) is 24.6 Å². The molecule has 0 bridgehead atoms. The van der Waals surface area contributed by atoms with Crippen LogP contribution in [0.1, 0.15) is 0 Å². The van der Waals surface area contributed by atoms with Gasteiger partial charge in [0.2, 0.25) is 0 Å². The Hall–Kier alpha value is -1.29. The van der Waals surface area contributed by atoms with Crippen molar-refractivity contribution in [3.63, 3.8) is 0 Å². The minimum atomic E-state index is -0.333. The van der Waals surface area contributed by atoms with E-state index < -0.39 is 0 Å². The summed E-state index contributed by atoms with van der Waals surface area (Å²) in [6.07, 6.45) is 6.34. The van der Waals surface area contributed by atoms with Crippen molar-refractivity contribution in [3.8, 4) is 0 Å². The predicted octanol–water partition coefficient (Wildman–Crippen LogP) is -0.0873. The van der Waals surface area contributed by atoms with E-state index in [-0.39, 0.29) is 6.03 Å². The van der Waals surface area contributed by atoms with Crippen LogP contribution in [0.25, 0.3) is 0 Å². The number of amides is 2. The average Bonchev–Trinajstić information content (AvgIpc) is 1.99. The first-order chi connectivity index (χ1) is 4.30. The SMILES string of the molecule is NN1C=CC=CNC1=O. The van der Waals surface area contributed by atoms with E-state index in [1.54, 1.807) is 12.2 Å². The number of hydrogen-bond donors (Lipinski definition) is 2. The predicted molar refractivity (Wildman–Crippen MR) is 32.8 cm³/mol. The monoisotopic (exact) mass is 125 g/mol. The van der Waals surface area contributed by atoms with Gasteiger partial charge in [-0.3, -0.25) is 0 Å². The average molecular weight is 125 g/mol. The number of hydrogen-bond acceptors (Lipinski definition) is 2. The van der Waals surface area contributed by atoms with Crippen molar-refractivity contribution in [1.82, 2.24) is 10.3 Å². The van der Waals surface area contributed by atoms with E-state index in [2.05, 4.69) is 5.32 Å². The minimum Gasteiger partial charge on any atom is -0.313 e. The fourth-order valence-electron chi connectivity index (χ4n) is 0.460. The molecule has 0 saturated heterocycles. The van der Waals surface area contributed by atoms with Crippen LogP contribution in [0.3, 0.4) is 0 Å². The molecule has 0 unspecified atom stereocenters. The summed E-state index contributed by atoms with van der Waals surface area (Å²) in [6, 6.07) is -0.333. The summed E-state index contributed by atoms with van der Waals surface area (Å²) in [7, 11) is 0. The van der Waals surface area contributed by atoms with Crippen molar-refractivity contribution >= 4 is 6.03 Å². The molecule has 48 valence electrons. The van der Waals surface area contributed by atoms with Crippen LogP contribution in [0.4, 0.5) is 4.79 Å². The molecule has 4 nitrogen and oxygen atoms in total. The number of carbonyl (C=O) groups is 1. The number of allylic oxidation sites excluding steroid dienone is 2. The van der Waals surface area contributed by atoms with Gasteiger partial charge in [0, 0.05) is 12.4 Å². The Morgan fingerprint density at radius 1 is 1.56 bits per heavy atom. The second-order valence-electron chi connectivity index (χ2n) is 1.56. The van der Waals surface area contributed by atoms with Gasteiger partial charge in [0.1, 0.15) is 0 Å². The quantitative estimate of drug-likeness (QED) is 0.351. The summed E-state index contributed by atoms with van der Waals surface area (Å²) in [5.41, 5.74) is 0. The van der Waals surface area contributed by atoms with Gasteiger partial charge in [-0.2, -0.15) is 0 Å². The molecule has 0 radical (unpaired) electrons. The van der Waals surface area contributed by atoms with Gasteiger partial charge >= 0.3 is 6.03 Å². The smallest absolute Gasteiger partial charge is 0.313 e. The van der Waals surface area contributed by atoms with Gasteiger partial charge in [-0.05, 0) is 12.2 Å². The lowest BCUT2D eigenvalue weighted by Crippen LogP contribution is -2.37. The fraction of sp³-hybridized carbons (Fsp3) is 0. The van der Waals surface area contributed by atoms with E-state index in [4.69, 9.17) is 5.84 Å². The second-order valence-corrected chi connectivity index (χ2v) is 1.56. The largest absolute Gasteiger partial charge is 0.339 e. The number of nitrogens with zero attached hydrogens (tertiary/aromatic N) is 1. The maximum atomic E-state index is 10.6. The Morgan fingerprint density at radius 2 is 2.33 bits per heavy atom. The second kappa shape index (κ2) is 2.32. The Labute approximate surface area is 52.6 Å². The minimum absolute atomic E-state index is 0.333. The summed E-state index contributed by atoms with van der Waals surface area (Å²) in [5, 5.41) is 3.39. The highest BCUT2D eigenvalue weighted by atomic mass is 16.2. The molecular formula is C5H7N3O. The molecule has 0 spiro atoms. The topological polar surface area (TPSA) is 58.4 Å². The van der Waals surface area contributed by atoms with Gasteiger partial charge in [0.05, 0.1) is 0 Å². The Kier molecular flexibility index (Phi) is 1.51. The van der Waals surface area contributed by atoms with Crippen molar-refractivity contribution in [2.75, 3.05) is 0 Å². The van der Waals surface area contributed by atoms with E-state index in [0.717, 1.165) is 5.01 Å². The molecule has 3 N–H and O–H groups in total. The van der Waals surface area contributed by atoms with E-state index in [1.807, 2.05) is 0 Å². The molecule has 4 heteroatoms. The van der Waals surface area contributed by atoms with Gasteiger partial charge in [0.15, 0.2) is 0 Å². The van der Waals surface area contributed by atoms with Crippen LogP contribution in [-0.2, 0) is 0 Å². The molecule has 9 heavy (non-hydrogen) atoms. The third kappa shape index (κ3) is 1.30. The van der Waals surface area contributed by atoms with Gasteiger partial charge in [-0.15, -0.1) is 0 Å². The molecule has 2 amide bonds. The van der Waals surface area contributed by atoms with Crippen molar-refractivity contribution in [1.29, 1.82) is 0 Å². The first-order valence-electron chi connectivity index (χ1n) is 2.48. The number of hydrazine groups is 1. The molecule has 1 aliphatic rings. The lowest BCUT2D eigenvalue weighted by Gasteiger charge is -2.07. The van der Waals surface area contributed by atoms with Crippen LogP contribution >= 0.6 is 0 Å². The molecule has 0 saturated carbocycles. The zero-order valence-corrected chi connectivity index (χ0v) is 4.74. The summed E-state index contributed by atoms with van der Waals surface area (Å²) < 4.78 is 0. The summed E-state index contributed by atoms with van der Waals surface area (Å²) in [4.78, 5) is 10.6. The number of nitrogens with one attached hydrogen (secondary N) is 1. The third-order valence-electron chi connectivity index (χ3n) is 0.895. The normalized spacial score (nSPS) is 17.4. The molecule has 1 aliphatic heterocycles. The Morgan fingerprint density at radius 3 is 3.11 bits per heavy atom. The first-order valence-corrected chi connectivity index (χ1v) is 2.48. The van der Waals surface area contributed by atoms with E-state index in [0.29, 0.717) is 0 Å². The van der Waals surface area contributed by atoms with Gasteiger partial charge in [-0.1, -0.05) is 0 Å². The molecule has 1 heterocycles. The van der Waals surface area contributed by atoms with Crippen LogP contribution in [-0.4, -0.2) is 11.0 Å². The number of nitrogens with two attached hydrogens (primary N) is 1. The van der Waals surface area contributed by atoms with E-state index in [9.17, 15) is 4.79 Å². The van der Waals surface area contributed by atoms with Crippen LogP contribution in [0, 0.1) is 0 Å². The number of urea groups is 1. The summed E-state index contributed by atoms with van der Waals surface area (Å²) >= 11 is 0. The molecule has 0 fully saturated rings. The molecule has 1 rings (SSSR count). The summed E-state index contributed by atoms with van der Waals surface area (Å²) in [5.74, 6) is 5.17. The molecule has 0 aliphatic carbocycles. The fourth-order valence-corrected chi connectivity index (χ4v) is 0.460. The number of rotatable bonds is 0. The van der Waals surface area contributed by atoms with Crippen molar-refractivity contribution in [2.45, 2.75) is 0 Å². The first kappa shape index (κ1) is 5.84. The van der Waals surface area contributed by atoms with Crippen molar-refractivity contribution in [2.24, 2.45) is 5.84 Å². The van der Waals surface area contributed by atoms with E-state index >= 15 is 0 Å². The standard InChI is InChI=1S/C5H7N3O/c6-8-4-2-1-3-7-5(8)9/h1-4H,6H2,(H,7,9). The summed E-state index contributed by atoms with van der Waals surface area (Å²) in [6.45, 7) is 0. The van der Waals surface area contributed by atoms with Crippen LogP contribution < -0.4 is 11.2 Å². The highest BCUT2D eigenvalue weighted by Gasteiger charge is 2.02. The lowest BCUT2D eigenvalue weighted by atomic mass is 10.6. The van der Waals surface area contributed by atoms with Gasteiger partial charge in [0.25, 0.3) is 0 Å². The van der Waals surface area contributed by atoms with Gasteiger partial charge < -0.3 is 5.32 Å². The highest BCUT2D eigenvalue weighted by Crippen LogP contribution is 1.87. The lowest BCUT2D eigenvalue weighted by molar-refractivity contribution is 0.220. The van der Waals surface area contributed by atoms with Crippen LogP contribution in [0.5, 0.6) is 0 Å². The zero-order chi connectivity index (χ0) is 6.69. The Bertz CT molecular complexity index is 173. The number of carbonyl (C=O) groups excluding carboxylic acids is 1.